The van der Waals surface area contributed by atoms with E-state index in [1.807, 2.05) is 0 Å². The minimum atomic E-state index is 0.0496. The van der Waals surface area contributed by atoms with Gasteiger partial charge in [0.25, 0.3) is 0 Å². The molecule has 0 bridgehead atoms. The third kappa shape index (κ3) is 6.09. The number of carbonyl (C=O) groups excluding carboxylic acids is 1. The molecule has 1 amide bonds. The highest BCUT2D eigenvalue weighted by Gasteiger charge is 2.41. The fourth-order valence-corrected chi connectivity index (χ4v) is 3.50. The number of nitrogens with one attached hydrogen (secondary N) is 1. The van der Waals surface area contributed by atoms with E-state index in [9.17, 15) is 4.79 Å². The van der Waals surface area contributed by atoms with Crippen molar-refractivity contribution in [2.45, 2.75) is 78.8 Å². The Hall–Kier alpha value is -1.16. The summed E-state index contributed by atoms with van der Waals surface area (Å²) in [6.45, 7) is 11.1. The molecule has 0 aromatic carbocycles. The zero-order valence-corrected chi connectivity index (χ0v) is 15.6. The smallest absolute Gasteiger partial charge is 0.221 e. The maximum atomic E-state index is 11.4. The number of hydrogen-bond donors (Lipinski definition) is 1. The summed E-state index contributed by atoms with van der Waals surface area (Å²) in [6.07, 6.45) is 13.2. The number of hydrogen-bond acceptors (Lipinski definition) is 2. The Morgan fingerprint density at radius 2 is 2.00 bits per heavy atom. The second-order valence-electron chi connectivity index (χ2n) is 6.61. The molecule has 1 aliphatic rings. The van der Waals surface area contributed by atoms with Gasteiger partial charge in [0.15, 0.2) is 12.0 Å². The van der Waals surface area contributed by atoms with Crippen LogP contribution in [0.3, 0.4) is 0 Å². The van der Waals surface area contributed by atoms with Gasteiger partial charge in [0.05, 0.1) is 13.1 Å². The van der Waals surface area contributed by atoms with Gasteiger partial charge in [-0.1, -0.05) is 31.9 Å². The monoisotopic (exact) mass is 322 g/mol. The average Bonchev–Trinajstić information content (AvgIpc) is 2.93. The molecule has 0 saturated carbocycles. The zero-order chi connectivity index (χ0) is 17.1. The first kappa shape index (κ1) is 19.9. The molecule has 0 spiro atoms. The van der Waals surface area contributed by atoms with E-state index >= 15 is 0 Å². The van der Waals surface area contributed by atoms with Crippen molar-refractivity contribution in [2.24, 2.45) is 4.99 Å². The number of unbranched alkanes of at least 4 members (excludes halogenated alkanes) is 4. The molecule has 1 N–H and O–H groups in total. The van der Waals surface area contributed by atoms with E-state index in [1.165, 1.54) is 44.4 Å². The molecule has 0 saturated heterocycles. The van der Waals surface area contributed by atoms with Gasteiger partial charge in [-0.05, 0) is 32.6 Å². The number of amidine groups is 1. The highest BCUT2D eigenvalue weighted by atomic mass is 16.1. The van der Waals surface area contributed by atoms with Gasteiger partial charge in [0.1, 0.15) is 6.54 Å². The van der Waals surface area contributed by atoms with Crippen molar-refractivity contribution in [2.75, 3.05) is 19.6 Å². The Labute approximate surface area is 142 Å². The summed E-state index contributed by atoms with van der Waals surface area (Å²) in [5, 5.41) is 3.08. The lowest BCUT2D eigenvalue weighted by Crippen LogP contribution is -2.62. The lowest BCUT2D eigenvalue weighted by atomic mass is 10.1. The first-order chi connectivity index (χ1) is 11.1. The Bertz CT molecular complexity index is 417. The van der Waals surface area contributed by atoms with Crippen LogP contribution >= 0.6 is 0 Å². The number of rotatable bonds is 11. The van der Waals surface area contributed by atoms with Crippen LogP contribution in [0.1, 0.15) is 72.6 Å². The summed E-state index contributed by atoms with van der Waals surface area (Å²) >= 11 is 0. The molecule has 0 aromatic heterocycles. The van der Waals surface area contributed by atoms with Crippen molar-refractivity contribution in [3.05, 3.63) is 12.2 Å². The Kier molecular flexibility index (Phi) is 9.15. The van der Waals surface area contributed by atoms with Gasteiger partial charge in [-0.2, -0.15) is 0 Å². The number of carbonyl (C=O) groups is 1. The highest BCUT2D eigenvalue weighted by molar-refractivity contribution is 5.78. The summed E-state index contributed by atoms with van der Waals surface area (Å²) in [6, 6.07) is 0. The largest absolute Gasteiger partial charge is 0.307 e. The molecule has 23 heavy (non-hydrogen) atoms. The quantitative estimate of drug-likeness (QED) is 0.348. The summed E-state index contributed by atoms with van der Waals surface area (Å²) < 4.78 is 0.843. The molecule has 4 nitrogen and oxygen atoms in total. The van der Waals surface area contributed by atoms with Crippen molar-refractivity contribution in [3.63, 3.8) is 0 Å². The number of allylic oxidation sites excluding steroid dienone is 2. The second-order valence-corrected chi connectivity index (χ2v) is 6.61. The highest BCUT2D eigenvalue weighted by Crippen LogP contribution is 2.23. The number of quaternary nitrogens is 1. The van der Waals surface area contributed by atoms with Crippen molar-refractivity contribution >= 4 is 11.7 Å². The van der Waals surface area contributed by atoms with Crippen LogP contribution in [0, 0.1) is 0 Å². The molecule has 132 valence electrons. The standard InChI is InChI=1S/C19H35N3O/c1-5-7-8-9-10-11-12-13-14-19-20-15-16-22(19,6-2)17(3)21-18(4)23/h8-9,17H,5-7,10-16H2,1-4H3/p+1/b9-8+. The minimum absolute atomic E-state index is 0.0496. The first-order valence-electron chi connectivity index (χ1n) is 9.39. The van der Waals surface area contributed by atoms with Gasteiger partial charge < -0.3 is 5.32 Å². The van der Waals surface area contributed by atoms with Crippen molar-refractivity contribution < 1.29 is 9.28 Å². The van der Waals surface area contributed by atoms with Crippen molar-refractivity contribution in [3.8, 4) is 0 Å². The number of amides is 1. The predicted molar refractivity (Wildman–Crippen MR) is 98.4 cm³/mol. The van der Waals surface area contributed by atoms with Crippen LogP contribution in [0.15, 0.2) is 17.1 Å². The molecular formula is C19H36N3O+. The van der Waals surface area contributed by atoms with Crippen LogP contribution in [0.5, 0.6) is 0 Å². The fraction of sp³-hybridized carbons (Fsp3) is 0.789. The molecule has 0 aliphatic carbocycles. The van der Waals surface area contributed by atoms with Crippen LogP contribution in [0.4, 0.5) is 0 Å². The topological polar surface area (TPSA) is 41.5 Å². The second kappa shape index (κ2) is 10.6. The van der Waals surface area contributed by atoms with Crippen LogP contribution in [-0.2, 0) is 4.79 Å². The normalized spacial score (nSPS) is 22.3. The molecule has 0 fully saturated rings. The third-order valence-corrected chi connectivity index (χ3v) is 4.92. The van der Waals surface area contributed by atoms with Gasteiger partial charge in [-0.15, -0.1) is 0 Å². The van der Waals surface area contributed by atoms with E-state index in [0.29, 0.717) is 0 Å². The Balaban J connectivity index is 2.40. The Morgan fingerprint density at radius 3 is 2.65 bits per heavy atom. The van der Waals surface area contributed by atoms with Gasteiger partial charge in [-0.3, -0.25) is 9.28 Å². The van der Waals surface area contributed by atoms with Crippen molar-refractivity contribution in [1.82, 2.24) is 5.32 Å². The average molecular weight is 323 g/mol. The van der Waals surface area contributed by atoms with Gasteiger partial charge in [0.2, 0.25) is 5.91 Å². The van der Waals surface area contributed by atoms with E-state index < -0.39 is 0 Å². The third-order valence-electron chi connectivity index (χ3n) is 4.92. The predicted octanol–water partition coefficient (Wildman–Crippen LogP) is 4.02. The maximum absolute atomic E-state index is 11.4. The van der Waals surface area contributed by atoms with Crippen LogP contribution < -0.4 is 5.32 Å². The molecule has 1 aliphatic heterocycles. The van der Waals surface area contributed by atoms with Gasteiger partial charge in [-0.25, -0.2) is 4.99 Å². The van der Waals surface area contributed by atoms with E-state index in [1.54, 1.807) is 6.92 Å². The number of aliphatic imine (C=N–C) groups is 1. The summed E-state index contributed by atoms with van der Waals surface area (Å²) in [5.74, 6) is 1.34. The Morgan fingerprint density at radius 1 is 1.26 bits per heavy atom. The van der Waals surface area contributed by atoms with Crippen LogP contribution in [-0.4, -0.2) is 42.0 Å². The molecule has 0 aromatic rings. The van der Waals surface area contributed by atoms with E-state index in [4.69, 9.17) is 4.99 Å². The zero-order valence-electron chi connectivity index (χ0n) is 15.6. The van der Waals surface area contributed by atoms with Crippen LogP contribution in [0.2, 0.25) is 0 Å². The molecule has 1 heterocycles. The maximum Gasteiger partial charge on any atom is 0.221 e. The molecule has 1 rings (SSSR count). The van der Waals surface area contributed by atoms with E-state index in [-0.39, 0.29) is 12.1 Å². The molecule has 0 radical (unpaired) electrons. The van der Waals surface area contributed by atoms with Crippen molar-refractivity contribution in [1.29, 1.82) is 0 Å². The summed E-state index contributed by atoms with van der Waals surface area (Å²) in [7, 11) is 0. The SMILES string of the molecule is CCC/C=C/CCCCCC1=NCC[N+]1(CC)C(C)NC(C)=O. The molecule has 2 atom stereocenters. The summed E-state index contributed by atoms with van der Waals surface area (Å²) in [4.78, 5) is 16.2. The van der Waals surface area contributed by atoms with Crippen LogP contribution in [0.25, 0.3) is 0 Å². The minimum Gasteiger partial charge on any atom is -0.307 e. The van der Waals surface area contributed by atoms with E-state index in [2.05, 4.69) is 38.2 Å². The summed E-state index contributed by atoms with van der Waals surface area (Å²) in [5.41, 5.74) is 0. The molecular weight excluding hydrogens is 286 g/mol. The van der Waals surface area contributed by atoms with Gasteiger partial charge >= 0.3 is 0 Å². The fourth-order valence-electron chi connectivity index (χ4n) is 3.50. The molecule has 4 heteroatoms. The molecule has 2 unspecified atom stereocenters. The lowest BCUT2D eigenvalue weighted by Gasteiger charge is -2.39. The number of likely N-dealkylation sites (N-methyl/N-ethyl adjacent to an activating group) is 1. The van der Waals surface area contributed by atoms with E-state index in [0.717, 1.165) is 30.5 Å². The lowest BCUT2D eigenvalue weighted by molar-refractivity contribution is -0.861. The van der Waals surface area contributed by atoms with Gasteiger partial charge in [0, 0.05) is 20.3 Å². The number of nitrogens with zero attached hydrogens (tertiary/aromatic N) is 2. The first-order valence-corrected chi connectivity index (χ1v) is 9.39.